The van der Waals surface area contributed by atoms with Gasteiger partial charge in [-0.25, -0.2) is 14.8 Å². The lowest BCUT2D eigenvalue weighted by Crippen LogP contribution is -2.16. The fourth-order valence-electron chi connectivity index (χ4n) is 4.13. The lowest BCUT2D eigenvalue weighted by molar-refractivity contribution is 0.0973. The summed E-state index contributed by atoms with van der Waals surface area (Å²) < 4.78 is 10.4. The Labute approximate surface area is 186 Å². The van der Waals surface area contributed by atoms with E-state index in [2.05, 4.69) is 18.8 Å². The van der Waals surface area contributed by atoms with Gasteiger partial charge >= 0.3 is 6.16 Å². The summed E-state index contributed by atoms with van der Waals surface area (Å²) in [7, 11) is 0. The van der Waals surface area contributed by atoms with E-state index in [0.717, 1.165) is 55.8 Å². The molecule has 3 rings (SSSR count). The summed E-state index contributed by atoms with van der Waals surface area (Å²) in [6.45, 7) is 4.81. The summed E-state index contributed by atoms with van der Waals surface area (Å²) >= 11 is 0. The van der Waals surface area contributed by atoms with E-state index in [0.29, 0.717) is 12.4 Å². The Morgan fingerprint density at radius 3 is 2.58 bits per heavy atom. The normalized spacial score (nSPS) is 15.4. The molecule has 1 atom stereocenters. The number of carbonyl (C=O) groups is 1. The van der Waals surface area contributed by atoms with Gasteiger partial charge in [-0.15, -0.1) is 0 Å². The van der Waals surface area contributed by atoms with Gasteiger partial charge in [0.2, 0.25) is 0 Å². The molecule has 31 heavy (non-hydrogen) atoms. The van der Waals surface area contributed by atoms with Gasteiger partial charge in [-0.05, 0) is 61.4 Å². The second-order valence-electron chi connectivity index (χ2n) is 8.56. The lowest BCUT2D eigenvalue weighted by atomic mass is 9.84. The average molecular weight is 425 g/mol. The van der Waals surface area contributed by atoms with Crippen molar-refractivity contribution in [3.8, 4) is 17.1 Å². The molecule has 1 aliphatic rings. The van der Waals surface area contributed by atoms with Crippen molar-refractivity contribution < 1.29 is 14.3 Å². The minimum Gasteiger partial charge on any atom is -0.434 e. The number of aryl methyl sites for hydroxylation is 1. The van der Waals surface area contributed by atoms with Crippen molar-refractivity contribution in [1.82, 2.24) is 9.97 Å². The third-order valence-corrected chi connectivity index (χ3v) is 6.00. The molecule has 1 aromatic heterocycles. The van der Waals surface area contributed by atoms with Crippen LogP contribution in [0.15, 0.2) is 30.5 Å². The Morgan fingerprint density at radius 2 is 1.81 bits per heavy atom. The van der Waals surface area contributed by atoms with Gasteiger partial charge < -0.3 is 9.47 Å². The Bertz CT molecular complexity index is 820. The van der Waals surface area contributed by atoms with Crippen LogP contribution in [0.25, 0.3) is 11.4 Å². The Balaban J connectivity index is 1.51. The van der Waals surface area contributed by atoms with Gasteiger partial charge in [0.1, 0.15) is 5.75 Å². The second kappa shape index (κ2) is 12.4. The van der Waals surface area contributed by atoms with Gasteiger partial charge in [0.05, 0.1) is 6.61 Å². The largest absolute Gasteiger partial charge is 0.513 e. The maximum absolute atomic E-state index is 11.8. The number of unbranched alkanes of at least 4 members (excludes halogenated alkanes) is 5. The number of hydrogen-bond acceptors (Lipinski definition) is 5. The average Bonchev–Trinajstić information content (AvgIpc) is 2.79. The number of nitrogens with zero attached hydrogens (tertiary/aromatic N) is 2. The highest BCUT2D eigenvalue weighted by Gasteiger charge is 2.20. The van der Waals surface area contributed by atoms with Gasteiger partial charge in [-0.1, -0.05) is 58.8 Å². The number of rotatable bonds is 11. The molecule has 0 saturated heterocycles. The minimum atomic E-state index is -0.650. The van der Waals surface area contributed by atoms with E-state index >= 15 is 0 Å². The summed E-state index contributed by atoms with van der Waals surface area (Å²) in [5.41, 5.74) is 3.41. The SMILES string of the molecule is CCCCCCOC(=O)Oc1ccc(-c2ncc3c(n2)CCC(CCCCC)C3)cc1. The maximum atomic E-state index is 11.8. The molecule has 5 heteroatoms. The first-order valence-corrected chi connectivity index (χ1v) is 12.0. The number of benzene rings is 1. The van der Waals surface area contributed by atoms with E-state index < -0.39 is 6.16 Å². The first-order chi connectivity index (χ1) is 15.2. The van der Waals surface area contributed by atoms with Crippen molar-refractivity contribution in [1.29, 1.82) is 0 Å². The molecular formula is C26H36N2O3. The van der Waals surface area contributed by atoms with Crippen LogP contribution in [0.1, 0.15) is 82.9 Å². The highest BCUT2D eigenvalue weighted by molar-refractivity contribution is 5.65. The molecule has 1 aliphatic carbocycles. The third kappa shape index (κ3) is 7.34. The van der Waals surface area contributed by atoms with Crippen LogP contribution in [-0.4, -0.2) is 22.7 Å². The highest BCUT2D eigenvalue weighted by atomic mass is 16.7. The van der Waals surface area contributed by atoms with Crippen LogP contribution in [0.4, 0.5) is 4.79 Å². The number of carbonyl (C=O) groups excluding carboxylic acids is 1. The predicted octanol–water partition coefficient (Wildman–Crippen LogP) is 6.92. The number of aromatic nitrogens is 2. The van der Waals surface area contributed by atoms with Crippen LogP contribution in [0.3, 0.4) is 0 Å². The Hall–Kier alpha value is -2.43. The van der Waals surface area contributed by atoms with Crippen molar-refractivity contribution >= 4 is 6.16 Å². The molecule has 1 unspecified atom stereocenters. The molecule has 1 aromatic carbocycles. The zero-order valence-corrected chi connectivity index (χ0v) is 19.1. The molecule has 1 heterocycles. The quantitative estimate of drug-likeness (QED) is 0.222. The standard InChI is InChI=1S/C26H36N2O3/c1-3-5-7-9-17-30-26(29)31-23-14-12-21(13-15-23)25-27-19-22-18-20(10-8-6-4-2)11-16-24(22)28-25/h12-15,19-20H,3-11,16-18H2,1-2H3. The molecule has 0 bridgehead atoms. The number of fused-ring (bicyclic) bond motifs is 1. The Kier molecular flexibility index (Phi) is 9.32. The number of ether oxygens (including phenoxy) is 2. The van der Waals surface area contributed by atoms with Gasteiger partial charge in [0.25, 0.3) is 0 Å². The molecule has 5 nitrogen and oxygen atoms in total. The van der Waals surface area contributed by atoms with E-state index in [4.69, 9.17) is 14.5 Å². The molecule has 0 N–H and O–H groups in total. The summed E-state index contributed by atoms with van der Waals surface area (Å²) in [6.07, 6.45) is 14.2. The van der Waals surface area contributed by atoms with Gasteiger partial charge in [0.15, 0.2) is 5.82 Å². The summed E-state index contributed by atoms with van der Waals surface area (Å²) in [6, 6.07) is 7.31. The molecule has 0 radical (unpaired) electrons. The topological polar surface area (TPSA) is 61.3 Å². The zero-order valence-electron chi connectivity index (χ0n) is 19.1. The summed E-state index contributed by atoms with van der Waals surface area (Å²) in [5.74, 6) is 1.97. The summed E-state index contributed by atoms with van der Waals surface area (Å²) in [4.78, 5) is 21.2. The van der Waals surface area contributed by atoms with Crippen molar-refractivity contribution in [2.75, 3.05) is 6.61 Å². The van der Waals surface area contributed by atoms with Gasteiger partial charge in [0, 0.05) is 17.5 Å². The van der Waals surface area contributed by atoms with Crippen LogP contribution in [0, 0.1) is 5.92 Å². The van der Waals surface area contributed by atoms with E-state index in [9.17, 15) is 4.79 Å². The molecular weight excluding hydrogens is 388 g/mol. The van der Waals surface area contributed by atoms with E-state index in [1.807, 2.05) is 18.3 Å². The van der Waals surface area contributed by atoms with Crippen LogP contribution >= 0.6 is 0 Å². The van der Waals surface area contributed by atoms with Crippen LogP contribution in [-0.2, 0) is 17.6 Å². The van der Waals surface area contributed by atoms with Crippen LogP contribution in [0.2, 0.25) is 0 Å². The van der Waals surface area contributed by atoms with Crippen molar-refractivity contribution in [2.24, 2.45) is 5.92 Å². The Morgan fingerprint density at radius 1 is 1.03 bits per heavy atom. The first-order valence-electron chi connectivity index (χ1n) is 12.0. The molecule has 0 amide bonds. The molecule has 0 saturated carbocycles. The third-order valence-electron chi connectivity index (χ3n) is 6.00. The van der Waals surface area contributed by atoms with Crippen LogP contribution < -0.4 is 4.74 Å². The molecule has 168 valence electrons. The maximum Gasteiger partial charge on any atom is 0.513 e. The predicted molar refractivity (Wildman–Crippen MR) is 123 cm³/mol. The van der Waals surface area contributed by atoms with Crippen LogP contribution in [0.5, 0.6) is 5.75 Å². The molecule has 0 aliphatic heterocycles. The lowest BCUT2D eigenvalue weighted by Gasteiger charge is -2.23. The highest BCUT2D eigenvalue weighted by Crippen LogP contribution is 2.29. The van der Waals surface area contributed by atoms with E-state index in [1.54, 1.807) is 12.1 Å². The van der Waals surface area contributed by atoms with Crippen molar-refractivity contribution in [3.63, 3.8) is 0 Å². The molecule has 2 aromatic rings. The minimum absolute atomic E-state index is 0.402. The van der Waals surface area contributed by atoms with E-state index in [1.165, 1.54) is 43.4 Å². The van der Waals surface area contributed by atoms with E-state index in [-0.39, 0.29) is 0 Å². The first kappa shape index (κ1) is 23.2. The molecule has 0 spiro atoms. The fourth-order valence-corrected chi connectivity index (χ4v) is 4.13. The second-order valence-corrected chi connectivity index (χ2v) is 8.56. The fraction of sp³-hybridized carbons (Fsp3) is 0.577. The molecule has 0 fully saturated rings. The zero-order chi connectivity index (χ0) is 21.9. The summed E-state index contributed by atoms with van der Waals surface area (Å²) in [5, 5.41) is 0. The van der Waals surface area contributed by atoms with Crippen molar-refractivity contribution in [2.45, 2.75) is 84.5 Å². The van der Waals surface area contributed by atoms with Crippen molar-refractivity contribution in [3.05, 3.63) is 41.7 Å². The smallest absolute Gasteiger partial charge is 0.434 e. The number of hydrogen-bond donors (Lipinski definition) is 0. The monoisotopic (exact) mass is 424 g/mol. The van der Waals surface area contributed by atoms with Gasteiger partial charge in [-0.3, -0.25) is 0 Å². The van der Waals surface area contributed by atoms with Gasteiger partial charge in [-0.2, -0.15) is 0 Å².